The van der Waals surface area contributed by atoms with E-state index >= 15 is 0 Å². The first-order chi connectivity index (χ1) is 6.74. The molecule has 0 N–H and O–H groups in total. The zero-order chi connectivity index (χ0) is 10.4. The van der Waals surface area contributed by atoms with Gasteiger partial charge >= 0.3 is 0 Å². The lowest BCUT2D eigenvalue weighted by Gasteiger charge is -2.15. The molecule has 0 spiro atoms. The Hall–Kier alpha value is -0.780. The minimum atomic E-state index is 0.807. The standard InChI is InChI=1S/C12H14BrN/c1-3-4-9-14(2)10-11-7-5-6-8-12(11)13/h1,5-8H,4,9-10H2,2H3. The van der Waals surface area contributed by atoms with Crippen molar-refractivity contribution < 1.29 is 0 Å². The summed E-state index contributed by atoms with van der Waals surface area (Å²) in [7, 11) is 2.08. The third-order valence-corrected chi connectivity index (χ3v) is 2.81. The molecule has 1 rings (SSSR count). The molecular weight excluding hydrogens is 238 g/mol. The SMILES string of the molecule is C#CCCN(C)Cc1ccccc1Br. The van der Waals surface area contributed by atoms with Crippen LogP contribution in [0.2, 0.25) is 0 Å². The second kappa shape index (κ2) is 5.85. The van der Waals surface area contributed by atoms with Crippen molar-refractivity contribution in [3.63, 3.8) is 0 Å². The van der Waals surface area contributed by atoms with Gasteiger partial charge in [-0.15, -0.1) is 12.3 Å². The fourth-order valence-corrected chi connectivity index (χ4v) is 1.66. The molecule has 0 amide bonds. The highest BCUT2D eigenvalue weighted by Crippen LogP contribution is 2.17. The van der Waals surface area contributed by atoms with Gasteiger partial charge in [0.25, 0.3) is 0 Å². The molecule has 2 heteroatoms. The minimum absolute atomic E-state index is 0.807. The Morgan fingerprint density at radius 1 is 1.43 bits per heavy atom. The zero-order valence-corrected chi connectivity index (χ0v) is 9.92. The van der Waals surface area contributed by atoms with E-state index in [1.54, 1.807) is 0 Å². The van der Waals surface area contributed by atoms with Gasteiger partial charge in [0.05, 0.1) is 0 Å². The number of hydrogen-bond donors (Lipinski definition) is 0. The van der Waals surface area contributed by atoms with Crippen LogP contribution in [-0.2, 0) is 6.54 Å². The molecule has 0 aliphatic heterocycles. The molecule has 0 aromatic heterocycles. The van der Waals surface area contributed by atoms with Crippen LogP contribution < -0.4 is 0 Å². The summed E-state index contributed by atoms with van der Waals surface area (Å²) < 4.78 is 1.16. The molecule has 1 aromatic carbocycles. The average Bonchev–Trinajstić information content (AvgIpc) is 2.18. The van der Waals surface area contributed by atoms with Crippen LogP contribution in [0.15, 0.2) is 28.7 Å². The van der Waals surface area contributed by atoms with Gasteiger partial charge in [-0.2, -0.15) is 0 Å². The zero-order valence-electron chi connectivity index (χ0n) is 8.33. The second-order valence-corrected chi connectivity index (χ2v) is 4.14. The van der Waals surface area contributed by atoms with Gasteiger partial charge in [0.1, 0.15) is 0 Å². The van der Waals surface area contributed by atoms with E-state index in [0.29, 0.717) is 0 Å². The minimum Gasteiger partial charge on any atom is -0.301 e. The van der Waals surface area contributed by atoms with Gasteiger partial charge in [-0.25, -0.2) is 0 Å². The maximum absolute atomic E-state index is 5.21. The Morgan fingerprint density at radius 3 is 2.79 bits per heavy atom. The Morgan fingerprint density at radius 2 is 2.14 bits per heavy atom. The molecule has 0 saturated carbocycles. The van der Waals surface area contributed by atoms with Crippen molar-refractivity contribution >= 4 is 15.9 Å². The van der Waals surface area contributed by atoms with Crippen LogP contribution in [0.5, 0.6) is 0 Å². The smallest absolute Gasteiger partial charge is 0.0242 e. The Bertz CT molecular complexity index is 327. The van der Waals surface area contributed by atoms with E-state index in [1.165, 1.54) is 5.56 Å². The highest BCUT2D eigenvalue weighted by Gasteiger charge is 2.02. The molecule has 0 aliphatic rings. The average molecular weight is 252 g/mol. The number of nitrogens with zero attached hydrogens (tertiary/aromatic N) is 1. The van der Waals surface area contributed by atoms with E-state index in [9.17, 15) is 0 Å². The molecule has 74 valence electrons. The van der Waals surface area contributed by atoms with E-state index in [2.05, 4.69) is 52.0 Å². The van der Waals surface area contributed by atoms with E-state index < -0.39 is 0 Å². The van der Waals surface area contributed by atoms with Crippen molar-refractivity contribution in [2.75, 3.05) is 13.6 Å². The molecule has 0 aliphatic carbocycles. The lowest BCUT2D eigenvalue weighted by molar-refractivity contribution is 0.335. The van der Waals surface area contributed by atoms with Gasteiger partial charge in [0.15, 0.2) is 0 Å². The molecule has 0 atom stereocenters. The molecule has 0 radical (unpaired) electrons. The van der Waals surface area contributed by atoms with Gasteiger partial charge in [0, 0.05) is 24.0 Å². The molecule has 0 heterocycles. The second-order valence-electron chi connectivity index (χ2n) is 3.28. The third-order valence-electron chi connectivity index (χ3n) is 2.04. The van der Waals surface area contributed by atoms with Crippen LogP contribution in [0, 0.1) is 12.3 Å². The molecular formula is C12H14BrN. The van der Waals surface area contributed by atoms with Crippen LogP contribution in [0.3, 0.4) is 0 Å². The van der Waals surface area contributed by atoms with Crippen LogP contribution in [0.4, 0.5) is 0 Å². The highest BCUT2D eigenvalue weighted by atomic mass is 79.9. The van der Waals surface area contributed by atoms with E-state index in [4.69, 9.17) is 6.42 Å². The maximum atomic E-state index is 5.21. The largest absolute Gasteiger partial charge is 0.301 e. The quantitative estimate of drug-likeness (QED) is 0.745. The molecule has 1 nitrogen and oxygen atoms in total. The van der Waals surface area contributed by atoms with E-state index in [0.717, 1.165) is 24.0 Å². The van der Waals surface area contributed by atoms with Crippen molar-refractivity contribution in [2.24, 2.45) is 0 Å². The van der Waals surface area contributed by atoms with Crippen molar-refractivity contribution in [1.29, 1.82) is 0 Å². The Balaban J connectivity index is 2.52. The summed E-state index contributed by atoms with van der Waals surface area (Å²) >= 11 is 3.53. The number of hydrogen-bond acceptors (Lipinski definition) is 1. The fourth-order valence-electron chi connectivity index (χ4n) is 1.25. The predicted molar refractivity (Wildman–Crippen MR) is 63.9 cm³/mol. The van der Waals surface area contributed by atoms with Gasteiger partial charge < -0.3 is 4.90 Å². The lowest BCUT2D eigenvalue weighted by atomic mass is 10.2. The number of rotatable bonds is 4. The van der Waals surface area contributed by atoms with Crippen molar-refractivity contribution in [1.82, 2.24) is 4.90 Å². The van der Waals surface area contributed by atoms with Crippen LogP contribution in [0.25, 0.3) is 0 Å². The predicted octanol–water partition coefficient (Wildman–Crippen LogP) is 2.90. The summed E-state index contributed by atoms with van der Waals surface area (Å²) in [6, 6.07) is 8.25. The summed E-state index contributed by atoms with van der Waals surface area (Å²) in [5.74, 6) is 2.65. The molecule has 0 fully saturated rings. The monoisotopic (exact) mass is 251 g/mol. The molecule has 14 heavy (non-hydrogen) atoms. The van der Waals surface area contributed by atoms with E-state index in [-0.39, 0.29) is 0 Å². The number of halogens is 1. The summed E-state index contributed by atoms with van der Waals surface area (Å²) in [5, 5.41) is 0. The van der Waals surface area contributed by atoms with Crippen LogP contribution in [-0.4, -0.2) is 18.5 Å². The summed E-state index contributed by atoms with van der Waals surface area (Å²) in [5.41, 5.74) is 1.30. The number of benzene rings is 1. The fraction of sp³-hybridized carbons (Fsp3) is 0.333. The first kappa shape index (κ1) is 11.3. The maximum Gasteiger partial charge on any atom is 0.0242 e. The third kappa shape index (κ3) is 3.53. The molecule has 0 saturated heterocycles. The van der Waals surface area contributed by atoms with E-state index in [1.807, 2.05) is 6.07 Å². The van der Waals surface area contributed by atoms with Gasteiger partial charge in [-0.05, 0) is 18.7 Å². The molecule has 0 unspecified atom stereocenters. The summed E-state index contributed by atoms with van der Waals surface area (Å²) in [6.07, 6.45) is 6.02. The highest BCUT2D eigenvalue weighted by molar-refractivity contribution is 9.10. The summed E-state index contributed by atoms with van der Waals surface area (Å²) in [4.78, 5) is 2.22. The van der Waals surface area contributed by atoms with Gasteiger partial charge in [0.2, 0.25) is 0 Å². The Kier molecular flexibility index (Phi) is 4.72. The number of terminal acetylenes is 1. The van der Waals surface area contributed by atoms with Crippen LogP contribution in [0.1, 0.15) is 12.0 Å². The van der Waals surface area contributed by atoms with Crippen LogP contribution >= 0.6 is 15.9 Å². The van der Waals surface area contributed by atoms with Gasteiger partial charge in [-0.3, -0.25) is 0 Å². The molecule has 0 bridgehead atoms. The molecule has 1 aromatic rings. The van der Waals surface area contributed by atoms with Gasteiger partial charge in [-0.1, -0.05) is 34.1 Å². The topological polar surface area (TPSA) is 3.24 Å². The summed E-state index contributed by atoms with van der Waals surface area (Å²) in [6.45, 7) is 1.88. The lowest BCUT2D eigenvalue weighted by Crippen LogP contribution is -2.18. The van der Waals surface area contributed by atoms with Crippen molar-refractivity contribution in [3.8, 4) is 12.3 Å². The van der Waals surface area contributed by atoms with Crippen molar-refractivity contribution in [2.45, 2.75) is 13.0 Å². The first-order valence-corrected chi connectivity index (χ1v) is 5.38. The van der Waals surface area contributed by atoms with Crippen molar-refractivity contribution in [3.05, 3.63) is 34.3 Å². The Labute approximate surface area is 94.2 Å². The first-order valence-electron chi connectivity index (χ1n) is 4.59. The normalized spacial score (nSPS) is 10.1.